The molecular formula is C21H26N2O3. The van der Waals surface area contributed by atoms with E-state index in [1.165, 1.54) is 5.56 Å². The first-order valence-electron chi connectivity index (χ1n) is 8.99. The zero-order chi connectivity index (χ0) is 18.4. The molecule has 0 aromatic heterocycles. The van der Waals surface area contributed by atoms with Crippen molar-refractivity contribution >= 4 is 5.91 Å². The van der Waals surface area contributed by atoms with E-state index < -0.39 is 5.60 Å². The van der Waals surface area contributed by atoms with Gasteiger partial charge in [-0.1, -0.05) is 48.5 Å². The van der Waals surface area contributed by atoms with Crippen LogP contribution >= 0.6 is 0 Å². The first kappa shape index (κ1) is 18.4. The van der Waals surface area contributed by atoms with Crippen LogP contribution in [0.25, 0.3) is 0 Å². The number of likely N-dealkylation sites (tertiary alicyclic amines) is 1. The molecule has 1 aliphatic rings. The van der Waals surface area contributed by atoms with Gasteiger partial charge in [-0.3, -0.25) is 9.69 Å². The summed E-state index contributed by atoms with van der Waals surface area (Å²) >= 11 is 0. The Labute approximate surface area is 154 Å². The van der Waals surface area contributed by atoms with Crippen LogP contribution in [0.15, 0.2) is 60.7 Å². The number of nitrogens with zero attached hydrogens (tertiary/aromatic N) is 2. The van der Waals surface area contributed by atoms with E-state index in [4.69, 9.17) is 4.74 Å². The van der Waals surface area contributed by atoms with E-state index in [0.717, 1.165) is 12.3 Å². The predicted octanol–water partition coefficient (Wildman–Crippen LogP) is 2.16. The molecule has 3 rings (SSSR count). The summed E-state index contributed by atoms with van der Waals surface area (Å²) in [5.41, 5.74) is -0.121. The molecule has 0 radical (unpaired) electrons. The lowest BCUT2D eigenvalue weighted by Gasteiger charge is -2.28. The molecule has 0 bridgehead atoms. The second-order valence-corrected chi connectivity index (χ2v) is 6.87. The van der Waals surface area contributed by atoms with Crippen molar-refractivity contribution in [2.75, 3.05) is 33.3 Å². The van der Waals surface area contributed by atoms with Gasteiger partial charge in [0.25, 0.3) is 5.91 Å². The Morgan fingerprint density at radius 2 is 1.81 bits per heavy atom. The molecule has 5 heteroatoms. The van der Waals surface area contributed by atoms with Crippen LogP contribution in [0.1, 0.15) is 12.0 Å². The zero-order valence-electron chi connectivity index (χ0n) is 15.2. The second-order valence-electron chi connectivity index (χ2n) is 6.87. The van der Waals surface area contributed by atoms with Crippen molar-refractivity contribution in [2.45, 2.75) is 18.6 Å². The first-order chi connectivity index (χ1) is 12.6. The largest absolute Gasteiger partial charge is 0.492 e. The van der Waals surface area contributed by atoms with E-state index in [2.05, 4.69) is 17.0 Å². The fraction of sp³-hybridized carbons (Fsp3) is 0.381. The molecule has 1 atom stereocenters. The van der Waals surface area contributed by atoms with E-state index in [9.17, 15) is 9.90 Å². The first-order valence-corrected chi connectivity index (χ1v) is 8.99. The highest BCUT2D eigenvalue weighted by Crippen LogP contribution is 2.25. The van der Waals surface area contributed by atoms with E-state index in [-0.39, 0.29) is 5.91 Å². The van der Waals surface area contributed by atoms with Crippen molar-refractivity contribution in [3.05, 3.63) is 66.2 Å². The standard InChI is InChI=1S/C21H26N2O3/c1-22(14-15-26-19-10-6-3-7-11-19)20(24)21(25)12-13-23(17-21)16-18-8-4-2-5-9-18/h2-11,25H,12-17H2,1H3. The molecular weight excluding hydrogens is 328 g/mol. The monoisotopic (exact) mass is 354 g/mol. The lowest BCUT2D eigenvalue weighted by atomic mass is 10.0. The molecule has 138 valence electrons. The molecule has 1 amide bonds. The lowest BCUT2D eigenvalue weighted by Crippen LogP contribution is -2.50. The van der Waals surface area contributed by atoms with Crippen LogP contribution in [0.3, 0.4) is 0 Å². The van der Waals surface area contributed by atoms with Gasteiger partial charge in [0.1, 0.15) is 12.4 Å². The van der Waals surface area contributed by atoms with Gasteiger partial charge in [-0.25, -0.2) is 0 Å². The Balaban J connectivity index is 1.48. The van der Waals surface area contributed by atoms with Crippen molar-refractivity contribution < 1.29 is 14.6 Å². The summed E-state index contributed by atoms with van der Waals surface area (Å²) in [4.78, 5) is 16.4. The molecule has 1 unspecified atom stereocenters. The summed E-state index contributed by atoms with van der Waals surface area (Å²) < 4.78 is 5.64. The van der Waals surface area contributed by atoms with Gasteiger partial charge in [0.05, 0.1) is 6.54 Å². The SMILES string of the molecule is CN(CCOc1ccccc1)C(=O)C1(O)CCN(Cc2ccccc2)C1. The van der Waals surface area contributed by atoms with E-state index in [1.807, 2.05) is 48.5 Å². The van der Waals surface area contributed by atoms with Gasteiger partial charge in [0, 0.05) is 26.7 Å². The van der Waals surface area contributed by atoms with Gasteiger partial charge >= 0.3 is 0 Å². The van der Waals surface area contributed by atoms with Crippen molar-refractivity contribution in [3.63, 3.8) is 0 Å². The Hall–Kier alpha value is -2.37. The van der Waals surface area contributed by atoms with Crippen LogP contribution in [0, 0.1) is 0 Å². The number of rotatable bonds is 7. The number of carbonyl (C=O) groups is 1. The average molecular weight is 354 g/mol. The summed E-state index contributed by atoms with van der Waals surface area (Å²) in [7, 11) is 1.72. The van der Waals surface area contributed by atoms with Crippen LogP contribution < -0.4 is 4.74 Å². The molecule has 1 saturated heterocycles. The number of benzene rings is 2. The molecule has 26 heavy (non-hydrogen) atoms. The molecule has 5 nitrogen and oxygen atoms in total. The minimum atomic E-state index is -1.31. The van der Waals surface area contributed by atoms with Gasteiger partial charge in [-0.2, -0.15) is 0 Å². The van der Waals surface area contributed by atoms with Gasteiger partial charge < -0.3 is 14.7 Å². The maximum atomic E-state index is 12.7. The smallest absolute Gasteiger partial charge is 0.255 e. The molecule has 1 fully saturated rings. The lowest BCUT2D eigenvalue weighted by molar-refractivity contribution is -0.149. The Bertz CT molecular complexity index is 708. The molecule has 0 saturated carbocycles. The van der Waals surface area contributed by atoms with Gasteiger partial charge in [-0.15, -0.1) is 0 Å². The minimum Gasteiger partial charge on any atom is -0.492 e. The quantitative estimate of drug-likeness (QED) is 0.828. The number of para-hydroxylation sites is 1. The van der Waals surface area contributed by atoms with Crippen LogP contribution in [-0.2, 0) is 11.3 Å². The maximum absolute atomic E-state index is 12.7. The second kappa shape index (κ2) is 8.34. The summed E-state index contributed by atoms with van der Waals surface area (Å²) in [5.74, 6) is 0.548. The van der Waals surface area contributed by atoms with Gasteiger partial charge in [-0.05, 0) is 24.1 Å². The summed E-state index contributed by atoms with van der Waals surface area (Å²) in [5, 5.41) is 10.8. The highest BCUT2D eigenvalue weighted by molar-refractivity contribution is 5.85. The van der Waals surface area contributed by atoms with E-state index in [0.29, 0.717) is 32.7 Å². The number of aliphatic hydroxyl groups is 1. The number of hydrogen-bond donors (Lipinski definition) is 1. The van der Waals surface area contributed by atoms with Crippen molar-refractivity contribution in [2.24, 2.45) is 0 Å². The molecule has 1 N–H and O–H groups in total. The fourth-order valence-electron chi connectivity index (χ4n) is 3.30. The third-order valence-electron chi connectivity index (χ3n) is 4.76. The minimum absolute atomic E-state index is 0.232. The summed E-state index contributed by atoms with van der Waals surface area (Å²) in [6, 6.07) is 19.6. The Morgan fingerprint density at radius 1 is 1.15 bits per heavy atom. The average Bonchev–Trinajstić information content (AvgIpc) is 3.04. The number of hydrogen-bond acceptors (Lipinski definition) is 4. The normalized spacial score (nSPS) is 20.1. The van der Waals surface area contributed by atoms with Crippen LogP contribution in [0.4, 0.5) is 0 Å². The molecule has 1 aliphatic heterocycles. The predicted molar refractivity (Wildman–Crippen MR) is 101 cm³/mol. The number of β-amino-alcohol motifs (C(OH)–C–C–N with tert-alkyl or cyclic N) is 1. The summed E-state index contributed by atoms with van der Waals surface area (Å²) in [6.45, 7) is 2.66. The topological polar surface area (TPSA) is 53.0 Å². The van der Waals surface area contributed by atoms with Gasteiger partial charge in [0.15, 0.2) is 5.60 Å². The maximum Gasteiger partial charge on any atom is 0.255 e. The number of likely N-dealkylation sites (N-methyl/N-ethyl adjacent to an activating group) is 1. The van der Waals surface area contributed by atoms with Crippen molar-refractivity contribution in [3.8, 4) is 5.75 Å². The molecule has 0 spiro atoms. The van der Waals surface area contributed by atoms with Crippen LogP contribution in [0.2, 0.25) is 0 Å². The zero-order valence-corrected chi connectivity index (χ0v) is 15.2. The molecule has 2 aromatic rings. The molecule has 2 aromatic carbocycles. The van der Waals surface area contributed by atoms with Crippen LogP contribution in [-0.4, -0.2) is 59.7 Å². The number of ether oxygens (including phenoxy) is 1. The highest BCUT2D eigenvalue weighted by Gasteiger charge is 2.44. The molecule has 0 aliphatic carbocycles. The van der Waals surface area contributed by atoms with Crippen molar-refractivity contribution in [1.82, 2.24) is 9.80 Å². The summed E-state index contributed by atoms with van der Waals surface area (Å²) in [6.07, 6.45) is 0.461. The molecule has 1 heterocycles. The Kier molecular flexibility index (Phi) is 5.91. The van der Waals surface area contributed by atoms with E-state index in [1.54, 1.807) is 11.9 Å². The van der Waals surface area contributed by atoms with Gasteiger partial charge in [0.2, 0.25) is 0 Å². The third-order valence-corrected chi connectivity index (χ3v) is 4.76. The van der Waals surface area contributed by atoms with E-state index >= 15 is 0 Å². The fourth-order valence-corrected chi connectivity index (χ4v) is 3.30. The highest BCUT2D eigenvalue weighted by atomic mass is 16.5. The number of amides is 1. The Morgan fingerprint density at radius 3 is 2.50 bits per heavy atom. The van der Waals surface area contributed by atoms with Crippen molar-refractivity contribution in [1.29, 1.82) is 0 Å². The number of carbonyl (C=O) groups excluding carboxylic acids is 1. The third kappa shape index (κ3) is 4.62. The van der Waals surface area contributed by atoms with Crippen LogP contribution in [0.5, 0.6) is 5.75 Å².